The van der Waals surface area contributed by atoms with Crippen LogP contribution in [-0.4, -0.2) is 52.1 Å². The van der Waals surface area contributed by atoms with Gasteiger partial charge in [0.1, 0.15) is 18.7 Å². The summed E-state index contributed by atoms with van der Waals surface area (Å²) < 4.78 is 15.3. The Morgan fingerprint density at radius 3 is 2.61 bits per heavy atom. The van der Waals surface area contributed by atoms with Crippen LogP contribution in [0.2, 0.25) is 0 Å². The van der Waals surface area contributed by atoms with Crippen LogP contribution in [0.5, 0.6) is 0 Å². The summed E-state index contributed by atoms with van der Waals surface area (Å²) in [6.07, 6.45) is 1.42. The number of nitrogens with one attached hydrogen (secondary N) is 2. The lowest BCUT2D eigenvalue weighted by Gasteiger charge is -2.16. The SMILES string of the molecule is O=C(O)[C@H](COC(=O)[C@@H]1CCCN1)NP(=O)(O)O. The van der Waals surface area contributed by atoms with Gasteiger partial charge in [-0.3, -0.25) is 9.59 Å². The van der Waals surface area contributed by atoms with Crippen molar-refractivity contribution in [2.45, 2.75) is 24.9 Å². The number of carboxylic acids is 1. The van der Waals surface area contributed by atoms with E-state index in [0.29, 0.717) is 13.0 Å². The smallest absolute Gasteiger partial charge is 0.401 e. The Balaban J connectivity index is 2.44. The molecule has 10 heteroatoms. The Labute approximate surface area is 103 Å². The second-order valence-electron chi connectivity index (χ2n) is 3.84. The van der Waals surface area contributed by atoms with Crippen molar-refractivity contribution in [1.82, 2.24) is 10.4 Å². The van der Waals surface area contributed by atoms with E-state index < -0.39 is 38.4 Å². The molecule has 0 saturated carbocycles. The number of hydrogen-bond donors (Lipinski definition) is 5. The van der Waals surface area contributed by atoms with Crippen LogP contribution >= 0.6 is 7.75 Å². The number of rotatable bonds is 6. The van der Waals surface area contributed by atoms with Crippen molar-refractivity contribution in [3.05, 3.63) is 0 Å². The largest absolute Gasteiger partial charge is 0.480 e. The van der Waals surface area contributed by atoms with E-state index in [0.717, 1.165) is 6.42 Å². The fraction of sp³-hybridized carbons (Fsp3) is 0.750. The van der Waals surface area contributed by atoms with Gasteiger partial charge in [0.25, 0.3) is 0 Å². The van der Waals surface area contributed by atoms with E-state index in [1.165, 1.54) is 0 Å². The van der Waals surface area contributed by atoms with Crippen LogP contribution in [0, 0.1) is 0 Å². The molecule has 1 aliphatic heterocycles. The summed E-state index contributed by atoms with van der Waals surface area (Å²) >= 11 is 0. The summed E-state index contributed by atoms with van der Waals surface area (Å²) in [4.78, 5) is 39.3. The molecule has 1 saturated heterocycles. The molecule has 104 valence electrons. The van der Waals surface area contributed by atoms with Crippen molar-refractivity contribution in [2.24, 2.45) is 0 Å². The monoisotopic (exact) mass is 282 g/mol. The lowest BCUT2D eigenvalue weighted by atomic mass is 10.2. The molecule has 0 aromatic rings. The van der Waals surface area contributed by atoms with Gasteiger partial charge in [-0.2, -0.15) is 0 Å². The summed E-state index contributed by atoms with van der Waals surface area (Å²) in [5.41, 5.74) is 0. The minimum Gasteiger partial charge on any atom is -0.480 e. The van der Waals surface area contributed by atoms with Crippen molar-refractivity contribution < 1.29 is 33.8 Å². The molecular formula is C8H15N2O7P. The van der Waals surface area contributed by atoms with Crippen LogP contribution in [0.15, 0.2) is 0 Å². The third-order valence-corrected chi connectivity index (χ3v) is 3.01. The lowest BCUT2D eigenvalue weighted by molar-refractivity contribution is -0.149. The highest BCUT2D eigenvalue weighted by Gasteiger charge is 2.29. The summed E-state index contributed by atoms with van der Waals surface area (Å²) in [5, 5.41) is 13.1. The Bertz CT molecular complexity index is 362. The zero-order valence-corrected chi connectivity index (χ0v) is 10.3. The summed E-state index contributed by atoms with van der Waals surface area (Å²) in [7, 11) is -4.70. The molecule has 9 nitrogen and oxygen atoms in total. The molecule has 0 amide bonds. The third-order valence-electron chi connectivity index (χ3n) is 2.36. The highest BCUT2D eigenvalue weighted by Crippen LogP contribution is 2.29. The van der Waals surface area contributed by atoms with E-state index >= 15 is 0 Å². The van der Waals surface area contributed by atoms with E-state index in [1.54, 1.807) is 5.09 Å². The summed E-state index contributed by atoms with van der Waals surface area (Å²) in [5.74, 6) is -2.13. The first kappa shape index (κ1) is 15.1. The van der Waals surface area contributed by atoms with Crippen molar-refractivity contribution in [1.29, 1.82) is 0 Å². The topological polar surface area (TPSA) is 145 Å². The van der Waals surface area contributed by atoms with Crippen LogP contribution in [0.4, 0.5) is 0 Å². The molecule has 2 atom stereocenters. The number of carbonyl (C=O) groups excluding carboxylic acids is 1. The Kier molecular flexibility index (Phi) is 5.24. The van der Waals surface area contributed by atoms with Crippen LogP contribution in [-0.2, 0) is 18.9 Å². The summed E-state index contributed by atoms with van der Waals surface area (Å²) in [6, 6.07) is -2.12. The van der Waals surface area contributed by atoms with Crippen LogP contribution in [0.1, 0.15) is 12.8 Å². The zero-order chi connectivity index (χ0) is 13.8. The van der Waals surface area contributed by atoms with Gasteiger partial charge in [-0.25, -0.2) is 9.65 Å². The lowest BCUT2D eigenvalue weighted by Crippen LogP contribution is -2.41. The second-order valence-corrected chi connectivity index (χ2v) is 5.19. The molecule has 0 aliphatic carbocycles. The van der Waals surface area contributed by atoms with Crippen LogP contribution in [0.25, 0.3) is 0 Å². The van der Waals surface area contributed by atoms with Gasteiger partial charge < -0.3 is 24.9 Å². The normalized spacial score (nSPS) is 21.6. The Hall–Kier alpha value is -0.990. The number of carboxylic acid groups (broad SMARTS) is 1. The highest BCUT2D eigenvalue weighted by molar-refractivity contribution is 7.49. The fourth-order valence-electron chi connectivity index (χ4n) is 1.52. The minimum absolute atomic E-state index is 0.477. The molecule has 0 radical (unpaired) electrons. The van der Waals surface area contributed by atoms with E-state index in [4.69, 9.17) is 19.6 Å². The van der Waals surface area contributed by atoms with Crippen LogP contribution in [0.3, 0.4) is 0 Å². The predicted molar refractivity (Wildman–Crippen MR) is 58.6 cm³/mol. The minimum atomic E-state index is -4.70. The van der Waals surface area contributed by atoms with Gasteiger partial charge in [-0.15, -0.1) is 0 Å². The highest BCUT2D eigenvalue weighted by atomic mass is 31.2. The molecule has 0 aromatic carbocycles. The molecule has 0 aromatic heterocycles. The molecule has 1 aliphatic rings. The van der Waals surface area contributed by atoms with E-state index in [-0.39, 0.29) is 0 Å². The molecular weight excluding hydrogens is 267 g/mol. The quantitative estimate of drug-likeness (QED) is 0.287. The van der Waals surface area contributed by atoms with Crippen molar-refractivity contribution in [3.8, 4) is 0 Å². The molecule has 1 fully saturated rings. The Morgan fingerprint density at radius 2 is 2.17 bits per heavy atom. The van der Waals surface area contributed by atoms with Crippen LogP contribution < -0.4 is 10.4 Å². The molecule has 0 spiro atoms. The molecule has 0 bridgehead atoms. The zero-order valence-electron chi connectivity index (χ0n) is 9.40. The first-order valence-electron chi connectivity index (χ1n) is 5.26. The molecule has 0 unspecified atom stereocenters. The fourth-order valence-corrected chi connectivity index (χ4v) is 2.11. The number of aliphatic carboxylic acids is 1. The van der Waals surface area contributed by atoms with Gasteiger partial charge in [0, 0.05) is 0 Å². The van der Waals surface area contributed by atoms with Gasteiger partial charge in [0.2, 0.25) is 0 Å². The third kappa shape index (κ3) is 5.11. The standard InChI is InChI=1S/C8H15N2O7P/c11-7(12)6(10-18(14,15)16)4-17-8(13)5-2-1-3-9-5/h5-6,9H,1-4H2,(H,11,12)(H3,10,14,15,16)/t5-,6-/m0/s1. The van der Waals surface area contributed by atoms with Crippen molar-refractivity contribution in [3.63, 3.8) is 0 Å². The average Bonchev–Trinajstić information content (AvgIpc) is 2.75. The summed E-state index contributed by atoms with van der Waals surface area (Å²) in [6.45, 7) is 0.0420. The Morgan fingerprint density at radius 1 is 1.50 bits per heavy atom. The first-order valence-corrected chi connectivity index (χ1v) is 6.87. The number of hydrogen-bond acceptors (Lipinski definition) is 5. The number of esters is 1. The van der Waals surface area contributed by atoms with Gasteiger partial charge in [-0.05, 0) is 19.4 Å². The van der Waals surface area contributed by atoms with Gasteiger partial charge in [-0.1, -0.05) is 0 Å². The number of carbonyl (C=O) groups is 2. The van der Waals surface area contributed by atoms with Gasteiger partial charge in [0.05, 0.1) is 0 Å². The molecule has 5 N–H and O–H groups in total. The van der Waals surface area contributed by atoms with E-state index in [1.807, 2.05) is 0 Å². The first-order chi connectivity index (χ1) is 8.29. The maximum absolute atomic E-state index is 11.4. The maximum Gasteiger partial charge on any atom is 0.401 e. The van der Waals surface area contributed by atoms with E-state index in [2.05, 4.69) is 5.32 Å². The maximum atomic E-state index is 11.4. The van der Waals surface area contributed by atoms with Crippen molar-refractivity contribution >= 4 is 19.7 Å². The molecule has 1 rings (SSSR count). The van der Waals surface area contributed by atoms with E-state index in [9.17, 15) is 14.2 Å². The average molecular weight is 282 g/mol. The molecule has 18 heavy (non-hydrogen) atoms. The second kappa shape index (κ2) is 6.26. The molecule has 1 heterocycles. The van der Waals surface area contributed by atoms with Gasteiger partial charge in [0.15, 0.2) is 0 Å². The number of ether oxygens (including phenoxy) is 1. The van der Waals surface area contributed by atoms with Gasteiger partial charge >= 0.3 is 19.7 Å². The van der Waals surface area contributed by atoms with Crippen molar-refractivity contribution in [2.75, 3.05) is 13.2 Å². The predicted octanol–water partition coefficient (Wildman–Crippen LogP) is -1.58.